The van der Waals surface area contributed by atoms with E-state index in [1.165, 1.54) is 11.1 Å². The highest BCUT2D eigenvalue weighted by Crippen LogP contribution is 2.18. The molecule has 1 N–H and O–H groups in total. The van der Waals surface area contributed by atoms with Gasteiger partial charge in [0.2, 0.25) is 0 Å². The number of rotatable bonds is 3. The number of nitrogens with zero attached hydrogens (tertiary/aromatic N) is 2. The Bertz CT molecular complexity index is 727. The molecule has 1 saturated heterocycles. The normalized spacial score (nSPS) is 15.6. The molecule has 2 aromatic rings. The fourth-order valence-electron chi connectivity index (χ4n) is 2.78. The van der Waals surface area contributed by atoms with Gasteiger partial charge in [0.05, 0.1) is 6.26 Å². The van der Waals surface area contributed by atoms with E-state index in [9.17, 15) is 4.79 Å². The van der Waals surface area contributed by atoms with Crippen molar-refractivity contribution in [3.05, 3.63) is 46.0 Å². The smallest absolute Gasteiger partial charge is 0.289 e. The van der Waals surface area contributed by atoms with Crippen LogP contribution < -0.4 is 0 Å². The van der Waals surface area contributed by atoms with Crippen LogP contribution in [-0.2, 0) is 6.54 Å². The Morgan fingerprint density at radius 2 is 2.25 bits per heavy atom. The molecule has 1 amide bonds. The summed E-state index contributed by atoms with van der Waals surface area (Å²) >= 11 is 1.68. The maximum atomic E-state index is 12.4. The van der Waals surface area contributed by atoms with E-state index in [4.69, 9.17) is 9.52 Å². The quantitative estimate of drug-likeness (QED) is 0.866. The summed E-state index contributed by atoms with van der Waals surface area (Å²) in [7, 11) is 0. The van der Waals surface area contributed by atoms with E-state index in [-0.39, 0.29) is 12.5 Å². The second-order valence-electron chi connectivity index (χ2n) is 5.66. The first-order chi connectivity index (χ1) is 11.8. The molecule has 3 heterocycles. The van der Waals surface area contributed by atoms with E-state index in [1.807, 2.05) is 10.3 Å². The predicted molar refractivity (Wildman–Crippen MR) is 92.8 cm³/mol. The van der Waals surface area contributed by atoms with E-state index >= 15 is 0 Å². The summed E-state index contributed by atoms with van der Waals surface area (Å²) in [4.78, 5) is 17.8. The Morgan fingerprint density at radius 3 is 3.04 bits per heavy atom. The van der Waals surface area contributed by atoms with Crippen molar-refractivity contribution in [1.82, 2.24) is 9.80 Å². The Morgan fingerprint density at radius 1 is 1.33 bits per heavy atom. The molecule has 0 unspecified atom stereocenters. The third-order valence-corrected chi connectivity index (χ3v) is 4.87. The van der Waals surface area contributed by atoms with Crippen LogP contribution in [0.5, 0.6) is 0 Å². The third kappa shape index (κ3) is 4.26. The number of aliphatic hydroxyl groups is 1. The number of carbonyl (C=O) groups excluding carboxylic acids is 1. The average Bonchev–Trinajstić information content (AvgIpc) is 3.22. The molecule has 0 spiro atoms. The van der Waals surface area contributed by atoms with Crippen LogP contribution in [0.4, 0.5) is 0 Å². The van der Waals surface area contributed by atoms with Crippen molar-refractivity contribution in [2.24, 2.45) is 0 Å². The van der Waals surface area contributed by atoms with Crippen LogP contribution in [0.15, 0.2) is 34.3 Å². The highest BCUT2D eigenvalue weighted by atomic mass is 32.1. The zero-order valence-electron chi connectivity index (χ0n) is 13.4. The second-order valence-corrected chi connectivity index (χ2v) is 6.66. The lowest BCUT2D eigenvalue weighted by molar-refractivity contribution is 0.0729. The molecule has 0 atom stereocenters. The van der Waals surface area contributed by atoms with Crippen LogP contribution in [0.25, 0.3) is 0 Å². The van der Waals surface area contributed by atoms with Gasteiger partial charge in [-0.15, -0.1) is 11.3 Å². The van der Waals surface area contributed by atoms with Gasteiger partial charge in [-0.2, -0.15) is 0 Å². The molecule has 1 aliphatic heterocycles. The fraction of sp³-hybridized carbons (Fsp3) is 0.389. The highest BCUT2D eigenvalue weighted by Gasteiger charge is 2.22. The number of hydrogen-bond donors (Lipinski definition) is 1. The van der Waals surface area contributed by atoms with Gasteiger partial charge in [0.1, 0.15) is 6.61 Å². The maximum absolute atomic E-state index is 12.4. The minimum atomic E-state index is -0.114. The predicted octanol–water partition coefficient (Wildman–Crippen LogP) is 2.03. The fourth-order valence-corrected chi connectivity index (χ4v) is 3.64. The van der Waals surface area contributed by atoms with Crippen LogP contribution in [-0.4, -0.2) is 53.6 Å². The molecule has 2 aromatic heterocycles. The van der Waals surface area contributed by atoms with E-state index in [0.717, 1.165) is 38.2 Å². The monoisotopic (exact) mass is 344 g/mol. The van der Waals surface area contributed by atoms with E-state index in [0.29, 0.717) is 12.3 Å². The van der Waals surface area contributed by atoms with Crippen molar-refractivity contribution in [3.63, 3.8) is 0 Å². The molecule has 126 valence electrons. The SMILES string of the molecule is O=C(c1ccco1)N1CCCN(Cc2cc(C#CCO)cs2)CC1. The molecule has 0 aliphatic carbocycles. The van der Waals surface area contributed by atoms with Crippen molar-refractivity contribution < 1.29 is 14.3 Å². The molecule has 5 nitrogen and oxygen atoms in total. The first-order valence-corrected chi connectivity index (χ1v) is 8.86. The Hall–Kier alpha value is -2.07. The summed E-state index contributed by atoms with van der Waals surface area (Å²) in [5.41, 5.74) is 0.952. The molecule has 0 saturated carbocycles. The molecular formula is C18H20N2O3S. The number of amides is 1. The summed E-state index contributed by atoms with van der Waals surface area (Å²) in [6.45, 7) is 4.04. The van der Waals surface area contributed by atoms with Gasteiger partial charge in [-0.05, 0) is 24.6 Å². The van der Waals surface area contributed by atoms with Crippen molar-refractivity contribution in [2.45, 2.75) is 13.0 Å². The lowest BCUT2D eigenvalue weighted by Gasteiger charge is -2.20. The molecule has 3 rings (SSSR count). The minimum Gasteiger partial charge on any atom is -0.459 e. The number of aliphatic hydroxyl groups excluding tert-OH is 1. The van der Waals surface area contributed by atoms with Gasteiger partial charge in [0, 0.05) is 48.5 Å². The van der Waals surface area contributed by atoms with Gasteiger partial charge >= 0.3 is 0 Å². The van der Waals surface area contributed by atoms with Crippen LogP contribution in [0, 0.1) is 11.8 Å². The number of furan rings is 1. The number of carbonyl (C=O) groups is 1. The van der Waals surface area contributed by atoms with Crippen molar-refractivity contribution in [2.75, 3.05) is 32.8 Å². The summed E-state index contributed by atoms with van der Waals surface area (Å²) in [6, 6.07) is 5.53. The van der Waals surface area contributed by atoms with Gasteiger partial charge < -0.3 is 14.4 Å². The van der Waals surface area contributed by atoms with Crippen LogP contribution in [0.1, 0.15) is 27.4 Å². The van der Waals surface area contributed by atoms with Crippen LogP contribution in [0.3, 0.4) is 0 Å². The van der Waals surface area contributed by atoms with Gasteiger partial charge in [-0.3, -0.25) is 9.69 Å². The summed E-state index contributed by atoms with van der Waals surface area (Å²) in [6.07, 6.45) is 2.49. The largest absolute Gasteiger partial charge is 0.459 e. The average molecular weight is 344 g/mol. The molecule has 24 heavy (non-hydrogen) atoms. The Labute approximate surface area is 145 Å². The minimum absolute atomic E-state index is 0.0282. The number of thiophene rings is 1. The highest BCUT2D eigenvalue weighted by molar-refractivity contribution is 7.10. The zero-order valence-corrected chi connectivity index (χ0v) is 14.2. The molecule has 1 fully saturated rings. The van der Waals surface area contributed by atoms with Crippen molar-refractivity contribution in [3.8, 4) is 11.8 Å². The first kappa shape index (κ1) is 16.8. The number of hydrogen-bond acceptors (Lipinski definition) is 5. The van der Waals surface area contributed by atoms with E-state index in [2.05, 4.69) is 22.8 Å². The standard InChI is InChI=1S/C18H20N2O3S/c21-10-1-4-15-12-16(24-14-15)13-19-6-3-7-20(9-8-19)18(22)17-5-2-11-23-17/h2,5,11-12,14,21H,3,6-10,13H2. The summed E-state index contributed by atoms with van der Waals surface area (Å²) in [5, 5.41) is 10.8. The van der Waals surface area contributed by atoms with Crippen LogP contribution >= 0.6 is 11.3 Å². The maximum Gasteiger partial charge on any atom is 0.289 e. The lowest BCUT2D eigenvalue weighted by atomic mass is 10.3. The summed E-state index contributed by atoms with van der Waals surface area (Å²) < 4.78 is 5.21. The van der Waals surface area contributed by atoms with Gasteiger partial charge in [-0.1, -0.05) is 11.8 Å². The Balaban J connectivity index is 1.55. The molecule has 0 bridgehead atoms. The van der Waals surface area contributed by atoms with Crippen molar-refractivity contribution >= 4 is 17.2 Å². The zero-order chi connectivity index (χ0) is 16.8. The third-order valence-electron chi connectivity index (χ3n) is 3.95. The lowest BCUT2D eigenvalue weighted by Crippen LogP contribution is -2.34. The van der Waals surface area contributed by atoms with Crippen LogP contribution in [0.2, 0.25) is 0 Å². The molecule has 1 aliphatic rings. The van der Waals surface area contributed by atoms with Crippen molar-refractivity contribution in [1.29, 1.82) is 0 Å². The topological polar surface area (TPSA) is 56.9 Å². The first-order valence-electron chi connectivity index (χ1n) is 7.98. The Kier molecular flexibility index (Phi) is 5.70. The summed E-state index contributed by atoms with van der Waals surface area (Å²) in [5.74, 6) is 5.98. The molecular weight excluding hydrogens is 324 g/mol. The van der Waals surface area contributed by atoms with Gasteiger partial charge in [0.15, 0.2) is 5.76 Å². The van der Waals surface area contributed by atoms with E-state index < -0.39 is 0 Å². The van der Waals surface area contributed by atoms with Gasteiger partial charge in [-0.25, -0.2) is 0 Å². The van der Waals surface area contributed by atoms with E-state index in [1.54, 1.807) is 23.5 Å². The van der Waals surface area contributed by atoms with Gasteiger partial charge in [0.25, 0.3) is 5.91 Å². The molecule has 0 aromatic carbocycles. The second kappa shape index (κ2) is 8.15. The molecule has 6 heteroatoms. The molecule has 0 radical (unpaired) electrons.